The molecule has 1 atom stereocenters. The standard InChI is InChI=1S/C13H16N4O2/c1-2-11-14-13(17-16-11)15-12(19)8-10(18)9-6-4-3-5-7-9/h3-7,10,18H,2,8H2,1H3,(H2,14,15,16,17,19). The monoisotopic (exact) mass is 260 g/mol. The Hall–Kier alpha value is -2.21. The number of hydrogen-bond donors (Lipinski definition) is 3. The van der Waals surface area contributed by atoms with E-state index in [0.717, 1.165) is 6.42 Å². The number of aryl methyl sites for hydroxylation is 1. The maximum Gasteiger partial charge on any atom is 0.248 e. The van der Waals surface area contributed by atoms with Crippen LogP contribution in [0.4, 0.5) is 5.95 Å². The molecule has 0 fully saturated rings. The van der Waals surface area contributed by atoms with Crippen LogP contribution in [0.5, 0.6) is 0 Å². The van der Waals surface area contributed by atoms with E-state index in [2.05, 4.69) is 20.5 Å². The zero-order valence-electron chi connectivity index (χ0n) is 10.6. The molecule has 0 aliphatic heterocycles. The van der Waals surface area contributed by atoms with Crippen LogP contribution in [-0.2, 0) is 11.2 Å². The number of aromatic nitrogens is 3. The van der Waals surface area contributed by atoms with Crippen LogP contribution < -0.4 is 5.32 Å². The summed E-state index contributed by atoms with van der Waals surface area (Å²) in [6.07, 6.45) is -0.138. The highest BCUT2D eigenvalue weighted by Crippen LogP contribution is 2.16. The Morgan fingerprint density at radius 1 is 1.42 bits per heavy atom. The second-order valence-electron chi connectivity index (χ2n) is 4.14. The van der Waals surface area contributed by atoms with Gasteiger partial charge in [-0.15, -0.1) is 5.10 Å². The topological polar surface area (TPSA) is 90.9 Å². The number of aliphatic hydroxyl groups is 1. The van der Waals surface area contributed by atoms with Crippen molar-refractivity contribution in [1.29, 1.82) is 0 Å². The number of H-pyrrole nitrogens is 1. The van der Waals surface area contributed by atoms with Crippen LogP contribution in [-0.4, -0.2) is 26.2 Å². The summed E-state index contributed by atoms with van der Waals surface area (Å²) < 4.78 is 0. The lowest BCUT2D eigenvalue weighted by Crippen LogP contribution is -2.16. The number of rotatable bonds is 5. The average molecular weight is 260 g/mol. The van der Waals surface area contributed by atoms with Gasteiger partial charge in [-0.05, 0) is 5.56 Å². The molecule has 0 aliphatic carbocycles. The number of nitrogens with zero attached hydrogens (tertiary/aromatic N) is 2. The van der Waals surface area contributed by atoms with E-state index in [-0.39, 0.29) is 18.3 Å². The van der Waals surface area contributed by atoms with Crippen molar-refractivity contribution in [2.45, 2.75) is 25.9 Å². The van der Waals surface area contributed by atoms with Crippen LogP contribution in [0.1, 0.15) is 30.8 Å². The van der Waals surface area contributed by atoms with Crippen LogP contribution >= 0.6 is 0 Å². The number of benzene rings is 1. The molecule has 6 heteroatoms. The Bertz CT molecular complexity index is 539. The largest absolute Gasteiger partial charge is 0.388 e. The smallest absolute Gasteiger partial charge is 0.248 e. The Kier molecular flexibility index (Phi) is 4.25. The molecule has 19 heavy (non-hydrogen) atoms. The van der Waals surface area contributed by atoms with Gasteiger partial charge in [0.25, 0.3) is 0 Å². The van der Waals surface area contributed by atoms with Crippen molar-refractivity contribution >= 4 is 11.9 Å². The lowest BCUT2D eigenvalue weighted by atomic mass is 10.1. The zero-order valence-corrected chi connectivity index (χ0v) is 10.6. The third-order valence-corrected chi connectivity index (χ3v) is 2.68. The first-order chi connectivity index (χ1) is 9.19. The number of aromatic amines is 1. The Morgan fingerprint density at radius 2 is 2.16 bits per heavy atom. The van der Waals surface area contributed by atoms with Gasteiger partial charge in [0, 0.05) is 6.42 Å². The molecule has 0 bridgehead atoms. The predicted molar refractivity (Wildman–Crippen MR) is 70.4 cm³/mol. The molecule has 0 spiro atoms. The van der Waals surface area contributed by atoms with E-state index < -0.39 is 6.10 Å². The van der Waals surface area contributed by atoms with Gasteiger partial charge in [0.15, 0.2) is 0 Å². The van der Waals surface area contributed by atoms with Crippen molar-refractivity contribution in [3.63, 3.8) is 0 Å². The van der Waals surface area contributed by atoms with E-state index in [1.165, 1.54) is 0 Å². The quantitative estimate of drug-likeness (QED) is 0.758. The fourth-order valence-electron chi connectivity index (χ4n) is 1.65. The van der Waals surface area contributed by atoms with Gasteiger partial charge in [0.1, 0.15) is 5.82 Å². The third kappa shape index (κ3) is 3.62. The minimum atomic E-state index is -0.828. The Morgan fingerprint density at radius 3 is 2.79 bits per heavy atom. The number of aliphatic hydroxyl groups excluding tert-OH is 1. The summed E-state index contributed by atoms with van der Waals surface area (Å²) >= 11 is 0. The van der Waals surface area contributed by atoms with Crippen molar-refractivity contribution < 1.29 is 9.90 Å². The van der Waals surface area contributed by atoms with Crippen LogP contribution in [0.15, 0.2) is 30.3 Å². The van der Waals surface area contributed by atoms with E-state index in [4.69, 9.17) is 0 Å². The van der Waals surface area contributed by atoms with E-state index in [0.29, 0.717) is 11.4 Å². The lowest BCUT2D eigenvalue weighted by molar-refractivity contribution is -0.118. The van der Waals surface area contributed by atoms with Crippen LogP contribution in [0.3, 0.4) is 0 Å². The van der Waals surface area contributed by atoms with Gasteiger partial charge in [0.2, 0.25) is 11.9 Å². The van der Waals surface area contributed by atoms with Crippen LogP contribution in [0.2, 0.25) is 0 Å². The van der Waals surface area contributed by atoms with Crippen molar-refractivity contribution in [1.82, 2.24) is 15.2 Å². The summed E-state index contributed by atoms with van der Waals surface area (Å²) in [5.74, 6) is 0.624. The predicted octanol–water partition coefficient (Wildman–Crippen LogP) is 1.43. The number of nitrogens with one attached hydrogen (secondary N) is 2. The molecule has 1 aromatic heterocycles. The normalized spacial score (nSPS) is 12.1. The van der Waals surface area contributed by atoms with E-state index in [1.54, 1.807) is 12.1 Å². The number of amides is 1. The van der Waals surface area contributed by atoms with Crippen LogP contribution in [0.25, 0.3) is 0 Å². The molecule has 0 saturated heterocycles. The molecule has 0 saturated carbocycles. The van der Waals surface area contributed by atoms with Crippen LogP contribution in [0, 0.1) is 0 Å². The van der Waals surface area contributed by atoms with Gasteiger partial charge in [0.05, 0.1) is 12.5 Å². The minimum Gasteiger partial charge on any atom is -0.388 e. The first-order valence-electron chi connectivity index (χ1n) is 6.13. The van der Waals surface area contributed by atoms with Crippen molar-refractivity contribution in [3.05, 3.63) is 41.7 Å². The van der Waals surface area contributed by atoms with Crippen molar-refractivity contribution in [2.75, 3.05) is 5.32 Å². The van der Waals surface area contributed by atoms with Gasteiger partial charge in [-0.2, -0.15) is 4.98 Å². The van der Waals surface area contributed by atoms with E-state index in [1.807, 2.05) is 25.1 Å². The maximum absolute atomic E-state index is 11.7. The zero-order chi connectivity index (χ0) is 13.7. The first kappa shape index (κ1) is 13.2. The van der Waals surface area contributed by atoms with Crippen molar-refractivity contribution in [2.24, 2.45) is 0 Å². The summed E-state index contributed by atoms with van der Waals surface area (Å²) in [5, 5.41) is 19.0. The Balaban J connectivity index is 1.91. The van der Waals surface area contributed by atoms with E-state index >= 15 is 0 Å². The van der Waals surface area contributed by atoms with E-state index in [9.17, 15) is 9.90 Å². The fraction of sp³-hybridized carbons (Fsp3) is 0.308. The summed E-state index contributed by atoms with van der Waals surface area (Å²) in [6, 6.07) is 9.05. The fourth-order valence-corrected chi connectivity index (χ4v) is 1.65. The summed E-state index contributed by atoms with van der Waals surface area (Å²) in [5.41, 5.74) is 0.710. The highest BCUT2D eigenvalue weighted by molar-refractivity contribution is 5.89. The number of anilines is 1. The molecule has 1 aromatic carbocycles. The molecule has 1 amide bonds. The molecule has 1 heterocycles. The molecular weight excluding hydrogens is 244 g/mol. The third-order valence-electron chi connectivity index (χ3n) is 2.68. The minimum absolute atomic E-state index is 0.0278. The second kappa shape index (κ2) is 6.10. The average Bonchev–Trinajstić information content (AvgIpc) is 2.87. The molecule has 2 rings (SSSR count). The van der Waals surface area contributed by atoms with Gasteiger partial charge in [-0.3, -0.25) is 15.2 Å². The number of carbonyl (C=O) groups is 1. The SMILES string of the molecule is CCc1nc(NC(=O)CC(O)c2ccccc2)n[nH]1. The molecule has 6 nitrogen and oxygen atoms in total. The first-order valence-corrected chi connectivity index (χ1v) is 6.13. The van der Waals surface area contributed by atoms with Gasteiger partial charge < -0.3 is 5.11 Å². The Labute approximate surface area is 110 Å². The highest BCUT2D eigenvalue weighted by Gasteiger charge is 2.14. The van der Waals surface area contributed by atoms with Crippen molar-refractivity contribution in [3.8, 4) is 0 Å². The lowest BCUT2D eigenvalue weighted by Gasteiger charge is -2.09. The molecule has 0 aliphatic rings. The molecule has 0 radical (unpaired) electrons. The number of hydrogen-bond acceptors (Lipinski definition) is 4. The number of carbonyl (C=O) groups excluding carboxylic acids is 1. The molecule has 2 aromatic rings. The molecule has 1 unspecified atom stereocenters. The molecular formula is C13H16N4O2. The maximum atomic E-state index is 11.7. The summed E-state index contributed by atoms with van der Waals surface area (Å²) in [4.78, 5) is 15.8. The van der Waals surface area contributed by atoms with Gasteiger partial charge in [-0.25, -0.2) is 0 Å². The van der Waals surface area contributed by atoms with Gasteiger partial charge >= 0.3 is 0 Å². The molecule has 3 N–H and O–H groups in total. The highest BCUT2D eigenvalue weighted by atomic mass is 16.3. The second-order valence-corrected chi connectivity index (χ2v) is 4.14. The summed E-state index contributed by atoms with van der Waals surface area (Å²) in [6.45, 7) is 1.94. The van der Waals surface area contributed by atoms with Gasteiger partial charge in [-0.1, -0.05) is 37.3 Å². The summed E-state index contributed by atoms with van der Waals surface area (Å²) in [7, 11) is 0. The molecule has 100 valence electrons.